The Kier molecular flexibility index (Phi) is 5.87. The molecule has 0 bridgehead atoms. The van der Waals surface area contributed by atoms with Gasteiger partial charge in [-0.05, 0) is 36.0 Å². The van der Waals surface area contributed by atoms with Crippen LogP contribution in [-0.2, 0) is 10.2 Å². The average molecular weight is 302 g/mol. The molecule has 0 radical (unpaired) electrons. The molecule has 0 aliphatic heterocycles. The maximum absolute atomic E-state index is 11.9. The van der Waals surface area contributed by atoms with Gasteiger partial charge in [-0.3, -0.25) is 4.79 Å². The first-order valence-electron chi connectivity index (χ1n) is 8.59. The summed E-state index contributed by atoms with van der Waals surface area (Å²) in [6.07, 6.45) is 6.66. The smallest absolute Gasteiger partial charge is 0.221 e. The van der Waals surface area contributed by atoms with E-state index in [1.807, 2.05) is 0 Å². The van der Waals surface area contributed by atoms with Gasteiger partial charge in [-0.15, -0.1) is 0 Å². The van der Waals surface area contributed by atoms with Gasteiger partial charge in [0.1, 0.15) is 0 Å². The Balaban J connectivity index is 1.70. The van der Waals surface area contributed by atoms with Gasteiger partial charge in [-0.1, -0.05) is 52.2 Å². The predicted octanol–water partition coefficient (Wildman–Crippen LogP) is 4.24. The molecule has 0 spiro atoms. The third-order valence-corrected chi connectivity index (χ3v) is 4.40. The van der Waals surface area contributed by atoms with Crippen molar-refractivity contribution in [2.75, 3.05) is 11.9 Å². The van der Waals surface area contributed by atoms with Crippen molar-refractivity contribution >= 4 is 11.6 Å². The van der Waals surface area contributed by atoms with Gasteiger partial charge in [0.15, 0.2) is 0 Å². The zero-order valence-electron chi connectivity index (χ0n) is 14.2. The van der Waals surface area contributed by atoms with Crippen molar-refractivity contribution in [1.82, 2.24) is 5.32 Å². The molecule has 122 valence electrons. The third-order valence-electron chi connectivity index (χ3n) is 4.40. The van der Waals surface area contributed by atoms with Gasteiger partial charge in [0, 0.05) is 24.7 Å². The van der Waals surface area contributed by atoms with Crippen molar-refractivity contribution in [3.63, 3.8) is 0 Å². The van der Waals surface area contributed by atoms with Crippen molar-refractivity contribution in [2.24, 2.45) is 0 Å². The summed E-state index contributed by atoms with van der Waals surface area (Å²) in [4.78, 5) is 11.9. The van der Waals surface area contributed by atoms with Crippen LogP contribution in [0.1, 0.15) is 64.9 Å². The molecule has 0 unspecified atom stereocenters. The molecule has 1 aliphatic rings. The largest absolute Gasteiger partial charge is 0.385 e. The van der Waals surface area contributed by atoms with Gasteiger partial charge in [0.25, 0.3) is 0 Å². The summed E-state index contributed by atoms with van der Waals surface area (Å²) >= 11 is 0. The first-order valence-corrected chi connectivity index (χ1v) is 8.59. The number of nitrogens with one attached hydrogen (secondary N) is 2. The zero-order chi connectivity index (χ0) is 16.0. The highest BCUT2D eigenvalue weighted by atomic mass is 16.1. The minimum absolute atomic E-state index is 0.172. The molecular formula is C19H30N2O. The van der Waals surface area contributed by atoms with Gasteiger partial charge in [-0.2, -0.15) is 0 Å². The molecule has 3 heteroatoms. The minimum Gasteiger partial charge on any atom is -0.385 e. The van der Waals surface area contributed by atoms with E-state index in [0.717, 1.165) is 18.5 Å². The van der Waals surface area contributed by atoms with E-state index in [4.69, 9.17) is 0 Å². The number of anilines is 1. The Morgan fingerprint density at radius 3 is 2.32 bits per heavy atom. The van der Waals surface area contributed by atoms with Crippen molar-refractivity contribution in [1.29, 1.82) is 0 Å². The molecule has 3 nitrogen and oxygen atoms in total. The molecule has 2 N–H and O–H groups in total. The molecule has 1 saturated carbocycles. The van der Waals surface area contributed by atoms with E-state index >= 15 is 0 Å². The van der Waals surface area contributed by atoms with E-state index in [1.54, 1.807) is 0 Å². The number of hydrogen-bond donors (Lipinski definition) is 2. The third kappa shape index (κ3) is 5.36. The number of carbonyl (C=O) groups is 1. The van der Waals surface area contributed by atoms with E-state index in [-0.39, 0.29) is 11.3 Å². The van der Waals surface area contributed by atoms with E-state index < -0.39 is 0 Å². The Morgan fingerprint density at radius 2 is 1.73 bits per heavy atom. The van der Waals surface area contributed by atoms with Crippen molar-refractivity contribution in [3.05, 3.63) is 29.8 Å². The monoisotopic (exact) mass is 302 g/mol. The fourth-order valence-corrected chi connectivity index (χ4v) is 2.96. The molecule has 1 aromatic carbocycles. The number of carbonyl (C=O) groups excluding carboxylic acids is 1. The summed E-state index contributed by atoms with van der Waals surface area (Å²) in [6, 6.07) is 8.92. The van der Waals surface area contributed by atoms with Crippen LogP contribution in [0.2, 0.25) is 0 Å². The number of benzene rings is 1. The van der Waals surface area contributed by atoms with Crippen LogP contribution in [0.15, 0.2) is 24.3 Å². The highest BCUT2D eigenvalue weighted by Crippen LogP contribution is 2.23. The lowest BCUT2D eigenvalue weighted by molar-refractivity contribution is -0.121. The summed E-state index contributed by atoms with van der Waals surface area (Å²) in [6.45, 7) is 7.33. The molecule has 1 aromatic rings. The van der Waals surface area contributed by atoms with Crippen LogP contribution in [0, 0.1) is 0 Å². The quantitative estimate of drug-likeness (QED) is 0.854. The number of rotatable bonds is 5. The zero-order valence-corrected chi connectivity index (χ0v) is 14.2. The fraction of sp³-hybridized carbons (Fsp3) is 0.632. The lowest BCUT2D eigenvalue weighted by atomic mass is 9.87. The van der Waals surface area contributed by atoms with Crippen LogP contribution in [0.3, 0.4) is 0 Å². The molecule has 0 aromatic heterocycles. The Hall–Kier alpha value is -1.51. The molecule has 0 saturated heterocycles. The normalized spacial score (nSPS) is 16.3. The van der Waals surface area contributed by atoms with E-state index in [1.165, 1.54) is 24.8 Å². The molecule has 1 fully saturated rings. The van der Waals surface area contributed by atoms with Crippen LogP contribution in [-0.4, -0.2) is 18.5 Å². The molecule has 22 heavy (non-hydrogen) atoms. The summed E-state index contributed by atoms with van der Waals surface area (Å²) < 4.78 is 0. The van der Waals surface area contributed by atoms with E-state index in [2.05, 4.69) is 55.7 Å². The maximum Gasteiger partial charge on any atom is 0.221 e. The van der Waals surface area contributed by atoms with Crippen molar-refractivity contribution in [2.45, 2.75) is 70.8 Å². The van der Waals surface area contributed by atoms with Crippen LogP contribution in [0.4, 0.5) is 5.69 Å². The number of amides is 1. The molecule has 0 heterocycles. The standard InChI is InChI=1S/C19H30N2O/c1-19(2,3)15-9-11-16(12-10-15)20-14-13-18(22)21-17-7-5-4-6-8-17/h9-12,17,20H,4-8,13-14H2,1-3H3,(H,21,22). The first-order chi connectivity index (χ1) is 10.4. The fourth-order valence-electron chi connectivity index (χ4n) is 2.96. The maximum atomic E-state index is 11.9. The van der Waals surface area contributed by atoms with Crippen LogP contribution < -0.4 is 10.6 Å². The number of hydrogen-bond acceptors (Lipinski definition) is 2. The van der Waals surface area contributed by atoms with Gasteiger partial charge >= 0.3 is 0 Å². The molecule has 2 rings (SSSR count). The van der Waals surface area contributed by atoms with Gasteiger partial charge in [0.05, 0.1) is 0 Å². The van der Waals surface area contributed by atoms with Crippen LogP contribution >= 0.6 is 0 Å². The lowest BCUT2D eigenvalue weighted by Gasteiger charge is -2.22. The Morgan fingerprint density at radius 1 is 1.09 bits per heavy atom. The second kappa shape index (κ2) is 7.66. The van der Waals surface area contributed by atoms with E-state index in [9.17, 15) is 4.79 Å². The average Bonchev–Trinajstić information content (AvgIpc) is 2.48. The van der Waals surface area contributed by atoms with Crippen molar-refractivity contribution in [3.8, 4) is 0 Å². The summed E-state index contributed by atoms with van der Waals surface area (Å²) in [5.41, 5.74) is 2.59. The summed E-state index contributed by atoms with van der Waals surface area (Å²) in [7, 11) is 0. The SMILES string of the molecule is CC(C)(C)c1ccc(NCCC(=O)NC2CCCCC2)cc1. The summed E-state index contributed by atoms with van der Waals surface area (Å²) in [5.74, 6) is 0.172. The Bertz CT molecular complexity index is 467. The van der Waals surface area contributed by atoms with Gasteiger partial charge in [-0.25, -0.2) is 0 Å². The highest BCUT2D eigenvalue weighted by molar-refractivity contribution is 5.76. The second-order valence-electron chi connectivity index (χ2n) is 7.41. The topological polar surface area (TPSA) is 41.1 Å². The van der Waals surface area contributed by atoms with Gasteiger partial charge < -0.3 is 10.6 Å². The Labute approximate surface area is 134 Å². The first kappa shape index (κ1) is 16.9. The lowest BCUT2D eigenvalue weighted by Crippen LogP contribution is -2.36. The molecule has 1 aliphatic carbocycles. The van der Waals surface area contributed by atoms with E-state index in [0.29, 0.717) is 19.0 Å². The predicted molar refractivity (Wildman–Crippen MR) is 93.3 cm³/mol. The molecular weight excluding hydrogens is 272 g/mol. The second-order valence-corrected chi connectivity index (χ2v) is 7.41. The van der Waals surface area contributed by atoms with Crippen LogP contribution in [0.25, 0.3) is 0 Å². The summed E-state index contributed by atoms with van der Waals surface area (Å²) in [5, 5.41) is 6.49. The van der Waals surface area contributed by atoms with Crippen LogP contribution in [0.5, 0.6) is 0 Å². The molecule has 1 amide bonds. The van der Waals surface area contributed by atoms with Gasteiger partial charge in [0.2, 0.25) is 5.91 Å². The molecule has 0 atom stereocenters. The highest BCUT2D eigenvalue weighted by Gasteiger charge is 2.15. The minimum atomic E-state index is 0.172. The van der Waals surface area contributed by atoms with Crippen molar-refractivity contribution < 1.29 is 4.79 Å².